The second kappa shape index (κ2) is 7.44. The van der Waals surface area contributed by atoms with Crippen molar-refractivity contribution in [3.05, 3.63) is 24.3 Å². The highest BCUT2D eigenvalue weighted by molar-refractivity contribution is 7.92. The fourth-order valence-electron chi connectivity index (χ4n) is 4.64. The molecule has 1 spiro atoms. The number of benzene rings is 1. The summed E-state index contributed by atoms with van der Waals surface area (Å²) in [7, 11) is -3.38. The Bertz CT molecular complexity index is 945. The molecule has 3 aliphatic rings. The average Bonchev–Trinajstić information content (AvgIpc) is 3.32. The zero-order valence-corrected chi connectivity index (χ0v) is 16.9. The lowest BCUT2D eigenvalue weighted by Crippen LogP contribution is -2.50. The summed E-state index contributed by atoms with van der Waals surface area (Å²) < 4.78 is 25.6. The van der Waals surface area contributed by atoms with Gasteiger partial charge in [-0.1, -0.05) is 18.9 Å². The van der Waals surface area contributed by atoms with Crippen molar-refractivity contribution < 1.29 is 22.8 Å². The Morgan fingerprint density at radius 2 is 1.76 bits per heavy atom. The van der Waals surface area contributed by atoms with E-state index in [0.717, 1.165) is 12.8 Å². The summed E-state index contributed by atoms with van der Waals surface area (Å²) in [5.74, 6) is -0.813. The molecule has 4 rings (SSSR count). The van der Waals surface area contributed by atoms with Crippen molar-refractivity contribution in [2.45, 2.75) is 67.1 Å². The Kier molecular flexibility index (Phi) is 5.10. The molecule has 156 valence electrons. The summed E-state index contributed by atoms with van der Waals surface area (Å²) in [6, 6.07) is 5.94. The van der Waals surface area contributed by atoms with Crippen LogP contribution in [0.5, 0.6) is 0 Å². The number of hydrogen-bond donors (Lipinski definition) is 3. The van der Waals surface area contributed by atoms with E-state index in [1.54, 1.807) is 18.2 Å². The lowest BCUT2D eigenvalue weighted by molar-refractivity contribution is -0.128. The van der Waals surface area contributed by atoms with Crippen LogP contribution in [0.1, 0.15) is 51.4 Å². The smallest absolute Gasteiger partial charge is 0.322 e. The molecule has 2 aliphatic carbocycles. The third-order valence-corrected chi connectivity index (χ3v) is 8.66. The highest BCUT2D eigenvalue weighted by Crippen LogP contribution is 2.35. The number of amides is 4. The molecule has 0 bridgehead atoms. The second-order valence-corrected chi connectivity index (χ2v) is 10.5. The van der Waals surface area contributed by atoms with Crippen LogP contribution in [0.4, 0.5) is 10.5 Å². The van der Waals surface area contributed by atoms with Crippen molar-refractivity contribution in [3.8, 4) is 0 Å². The fourth-order valence-corrected chi connectivity index (χ4v) is 6.54. The van der Waals surface area contributed by atoms with Gasteiger partial charge in [-0.3, -0.25) is 14.9 Å². The first-order valence-electron chi connectivity index (χ1n) is 10.1. The van der Waals surface area contributed by atoms with E-state index >= 15 is 0 Å². The van der Waals surface area contributed by atoms with Crippen LogP contribution in [-0.4, -0.2) is 37.1 Å². The molecule has 1 aromatic carbocycles. The van der Waals surface area contributed by atoms with Crippen LogP contribution in [0.15, 0.2) is 29.2 Å². The summed E-state index contributed by atoms with van der Waals surface area (Å²) in [6.45, 7) is 0. The van der Waals surface area contributed by atoms with Gasteiger partial charge < -0.3 is 10.6 Å². The Balaban J connectivity index is 1.41. The molecule has 4 amide bonds. The normalized spacial score (nSPS) is 27.7. The number of carbonyl (C=O) groups is 3. The number of hydrogen-bond acceptors (Lipinski definition) is 5. The van der Waals surface area contributed by atoms with Gasteiger partial charge in [0.15, 0.2) is 9.84 Å². The third-order valence-electron chi connectivity index (χ3n) is 6.40. The fraction of sp³-hybridized carbons (Fsp3) is 0.550. The zero-order valence-electron chi connectivity index (χ0n) is 16.1. The topological polar surface area (TPSA) is 121 Å². The largest absolute Gasteiger partial charge is 0.326 e. The highest BCUT2D eigenvalue weighted by atomic mass is 32.2. The third kappa shape index (κ3) is 3.75. The first-order valence-corrected chi connectivity index (χ1v) is 11.6. The van der Waals surface area contributed by atoms with Crippen LogP contribution < -0.4 is 16.0 Å². The summed E-state index contributed by atoms with van der Waals surface area (Å²) in [4.78, 5) is 36.4. The molecule has 9 heteroatoms. The van der Waals surface area contributed by atoms with E-state index in [2.05, 4.69) is 16.0 Å². The maximum absolute atomic E-state index is 12.8. The Hall–Kier alpha value is -2.42. The molecule has 1 heterocycles. The minimum Gasteiger partial charge on any atom is -0.326 e. The molecule has 3 fully saturated rings. The first-order chi connectivity index (χ1) is 13.8. The average molecular weight is 420 g/mol. The predicted molar refractivity (Wildman–Crippen MR) is 106 cm³/mol. The van der Waals surface area contributed by atoms with Gasteiger partial charge in [-0.25, -0.2) is 13.2 Å². The van der Waals surface area contributed by atoms with Gasteiger partial charge in [-0.15, -0.1) is 0 Å². The summed E-state index contributed by atoms with van der Waals surface area (Å²) in [6.07, 6.45) is 4.99. The van der Waals surface area contributed by atoms with Crippen LogP contribution in [0.25, 0.3) is 0 Å². The van der Waals surface area contributed by atoms with Crippen molar-refractivity contribution in [2.24, 2.45) is 5.92 Å². The number of nitrogens with one attached hydrogen (secondary N) is 3. The number of rotatable bonds is 4. The summed E-state index contributed by atoms with van der Waals surface area (Å²) in [5.41, 5.74) is -0.440. The Labute approximate surface area is 169 Å². The molecular formula is C20H25N3O5S. The number of sulfone groups is 1. The Morgan fingerprint density at radius 1 is 1.07 bits per heavy atom. The molecular weight excluding hydrogens is 394 g/mol. The summed E-state index contributed by atoms with van der Waals surface area (Å²) >= 11 is 0. The van der Waals surface area contributed by atoms with Gasteiger partial charge in [0, 0.05) is 11.6 Å². The summed E-state index contributed by atoms with van der Waals surface area (Å²) in [5, 5.41) is 7.42. The second-order valence-electron chi connectivity index (χ2n) is 8.23. The van der Waals surface area contributed by atoms with Gasteiger partial charge in [0.1, 0.15) is 5.54 Å². The van der Waals surface area contributed by atoms with Crippen molar-refractivity contribution in [3.63, 3.8) is 0 Å². The van der Waals surface area contributed by atoms with Crippen molar-refractivity contribution in [1.82, 2.24) is 10.6 Å². The molecule has 1 saturated heterocycles. The van der Waals surface area contributed by atoms with E-state index in [-0.39, 0.29) is 27.9 Å². The van der Waals surface area contributed by atoms with Gasteiger partial charge in [-0.05, 0) is 56.7 Å². The lowest BCUT2D eigenvalue weighted by Gasteiger charge is -2.33. The van der Waals surface area contributed by atoms with Gasteiger partial charge in [0.2, 0.25) is 5.91 Å². The number of carbonyl (C=O) groups excluding carboxylic acids is 3. The van der Waals surface area contributed by atoms with E-state index < -0.39 is 21.4 Å². The molecule has 29 heavy (non-hydrogen) atoms. The quantitative estimate of drug-likeness (QED) is 0.646. The predicted octanol–water partition coefficient (Wildman–Crippen LogP) is 2.11. The minimum absolute atomic E-state index is 0.194. The maximum atomic E-state index is 12.8. The van der Waals surface area contributed by atoms with Crippen LogP contribution in [0.3, 0.4) is 0 Å². The Morgan fingerprint density at radius 3 is 2.38 bits per heavy atom. The maximum Gasteiger partial charge on any atom is 0.322 e. The molecule has 8 nitrogen and oxygen atoms in total. The number of anilines is 1. The van der Waals surface area contributed by atoms with Gasteiger partial charge in [-0.2, -0.15) is 0 Å². The molecule has 0 radical (unpaired) electrons. The SMILES string of the molecule is O=C1NC(=O)C2(CCC(C(=O)Nc3cccc(S(=O)(=O)C4CCCC4)c3)CC2)N1. The van der Waals surface area contributed by atoms with Crippen molar-refractivity contribution in [1.29, 1.82) is 0 Å². The van der Waals surface area contributed by atoms with Crippen LogP contribution >= 0.6 is 0 Å². The highest BCUT2D eigenvalue weighted by Gasteiger charge is 2.48. The number of imide groups is 1. The van der Waals surface area contributed by atoms with E-state index in [4.69, 9.17) is 0 Å². The van der Waals surface area contributed by atoms with Crippen LogP contribution in [-0.2, 0) is 19.4 Å². The van der Waals surface area contributed by atoms with Crippen LogP contribution in [0.2, 0.25) is 0 Å². The van der Waals surface area contributed by atoms with E-state index in [0.29, 0.717) is 44.2 Å². The monoisotopic (exact) mass is 419 g/mol. The molecule has 1 aromatic rings. The van der Waals surface area contributed by atoms with Gasteiger partial charge >= 0.3 is 6.03 Å². The molecule has 2 saturated carbocycles. The molecule has 3 N–H and O–H groups in total. The van der Waals surface area contributed by atoms with Crippen LogP contribution in [0, 0.1) is 5.92 Å². The molecule has 1 aliphatic heterocycles. The van der Waals surface area contributed by atoms with Crippen molar-refractivity contribution in [2.75, 3.05) is 5.32 Å². The van der Waals surface area contributed by atoms with E-state index in [1.165, 1.54) is 6.07 Å². The molecule has 0 unspecified atom stereocenters. The zero-order chi connectivity index (χ0) is 20.6. The standard InChI is InChI=1S/C20H25N3O5S/c24-17(13-8-10-20(11-9-13)18(25)22-19(26)23-20)21-14-4-3-7-16(12-14)29(27,28)15-5-1-2-6-15/h3-4,7,12-13,15H,1-2,5-6,8-11H2,(H,21,24)(H2,22,23,25,26). The minimum atomic E-state index is -3.38. The molecule has 0 atom stereocenters. The van der Waals surface area contributed by atoms with Crippen molar-refractivity contribution >= 4 is 33.4 Å². The van der Waals surface area contributed by atoms with Gasteiger partial charge in [0.25, 0.3) is 5.91 Å². The molecule has 0 aromatic heterocycles. The van der Waals surface area contributed by atoms with E-state index in [9.17, 15) is 22.8 Å². The number of urea groups is 1. The van der Waals surface area contributed by atoms with Gasteiger partial charge in [0.05, 0.1) is 10.1 Å². The first kappa shape index (κ1) is 19.9. The lowest BCUT2D eigenvalue weighted by atomic mass is 9.76. The van der Waals surface area contributed by atoms with E-state index in [1.807, 2.05) is 0 Å².